The maximum Gasteiger partial charge on any atom is 0.293 e. The van der Waals surface area contributed by atoms with E-state index in [1.54, 1.807) is 18.0 Å². The van der Waals surface area contributed by atoms with Crippen LogP contribution in [0.15, 0.2) is 36.7 Å². The zero-order chi connectivity index (χ0) is 19.3. The monoisotopic (exact) mass is 358 g/mol. The zero-order valence-electron chi connectivity index (χ0n) is 14.0. The number of rotatable bonds is 8. The van der Waals surface area contributed by atoms with E-state index in [1.165, 1.54) is 18.5 Å². The molecular formula is C17H15B2F3N2O2. The molecule has 0 aliphatic heterocycles. The van der Waals surface area contributed by atoms with Crippen molar-refractivity contribution in [3.63, 3.8) is 0 Å². The number of hydrogen-bond acceptors (Lipinski definition) is 4. The van der Waals surface area contributed by atoms with Crippen molar-refractivity contribution in [1.29, 1.82) is 0 Å². The highest BCUT2D eigenvalue weighted by atomic mass is 19.3. The predicted octanol–water partition coefficient (Wildman–Crippen LogP) is 2.38. The molecule has 0 amide bonds. The Bertz CT molecular complexity index is 775. The number of aromatic nitrogens is 1. The number of ether oxygens (including phenoxy) is 1. The van der Waals surface area contributed by atoms with E-state index >= 15 is 0 Å². The van der Waals surface area contributed by atoms with E-state index < -0.39 is 23.1 Å². The molecule has 0 aliphatic rings. The van der Waals surface area contributed by atoms with Crippen molar-refractivity contribution in [2.45, 2.75) is 11.8 Å². The number of carbonyl (C=O) groups is 1. The number of benzene rings is 1. The maximum absolute atomic E-state index is 13.5. The highest BCUT2D eigenvalue weighted by Crippen LogP contribution is 2.30. The molecular weight excluding hydrogens is 343 g/mol. The standard InChI is InChI=1S/C17H15B2F3N2O2/c1-24(4-5-26-10-25)17(18,19)13-6-12(8-23-9-13)11-2-3-15(20)14(7-11)16(21)22/h2-3,6-10,16H,4-5H2,1H3. The van der Waals surface area contributed by atoms with Gasteiger partial charge >= 0.3 is 0 Å². The van der Waals surface area contributed by atoms with Crippen LogP contribution < -0.4 is 0 Å². The lowest BCUT2D eigenvalue weighted by atomic mass is 9.57. The van der Waals surface area contributed by atoms with Crippen molar-refractivity contribution in [2.24, 2.45) is 0 Å². The summed E-state index contributed by atoms with van der Waals surface area (Å²) in [6.45, 7) is 0.681. The molecule has 2 aromatic rings. The average Bonchev–Trinajstić information content (AvgIpc) is 2.62. The fourth-order valence-electron chi connectivity index (χ4n) is 2.35. The Morgan fingerprint density at radius 3 is 2.65 bits per heavy atom. The lowest BCUT2D eigenvalue weighted by molar-refractivity contribution is -0.129. The second-order valence-corrected chi connectivity index (χ2v) is 5.71. The van der Waals surface area contributed by atoms with Crippen molar-refractivity contribution in [2.75, 3.05) is 20.2 Å². The number of likely N-dealkylation sites (N-methyl/N-ethyl adjacent to an activating group) is 1. The fourth-order valence-corrected chi connectivity index (χ4v) is 2.35. The van der Waals surface area contributed by atoms with Gasteiger partial charge in [0.15, 0.2) is 0 Å². The molecule has 4 nitrogen and oxygen atoms in total. The number of carbonyl (C=O) groups excluding carboxylic acids is 1. The summed E-state index contributed by atoms with van der Waals surface area (Å²) in [4.78, 5) is 15.8. The SMILES string of the molecule is [B]C([B])(c1cncc(-c2ccc(F)c(C(F)F)c2)c1)N(C)CCOC=O. The Kier molecular flexibility index (Phi) is 6.47. The molecule has 0 saturated heterocycles. The highest BCUT2D eigenvalue weighted by molar-refractivity contribution is 6.39. The van der Waals surface area contributed by atoms with Gasteiger partial charge in [-0.15, -0.1) is 0 Å². The first-order valence-corrected chi connectivity index (χ1v) is 7.65. The topological polar surface area (TPSA) is 42.4 Å². The summed E-state index contributed by atoms with van der Waals surface area (Å²) in [5.74, 6) is -0.977. The van der Waals surface area contributed by atoms with Gasteiger partial charge in [-0.2, -0.15) is 0 Å². The minimum Gasteiger partial charge on any atom is -0.467 e. The van der Waals surface area contributed by atoms with Gasteiger partial charge in [0.2, 0.25) is 0 Å². The Morgan fingerprint density at radius 1 is 1.27 bits per heavy atom. The van der Waals surface area contributed by atoms with E-state index in [2.05, 4.69) is 9.72 Å². The Labute approximate surface area is 152 Å². The van der Waals surface area contributed by atoms with Gasteiger partial charge in [-0.1, -0.05) is 6.07 Å². The molecule has 1 aromatic heterocycles. The smallest absolute Gasteiger partial charge is 0.293 e. The van der Waals surface area contributed by atoms with Gasteiger partial charge in [-0.05, 0) is 41.7 Å². The van der Waals surface area contributed by atoms with Crippen LogP contribution in [0.5, 0.6) is 0 Å². The van der Waals surface area contributed by atoms with E-state index in [0.29, 0.717) is 23.2 Å². The van der Waals surface area contributed by atoms with Crippen LogP contribution in [-0.4, -0.2) is 52.2 Å². The fraction of sp³-hybridized carbons (Fsp3) is 0.294. The Hall–Kier alpha value is -2.28. The quantitative estimate of drug-likeness (QED) is 0.413. The van der Waals surface area contributed by atoms with Gasteiger partial charge in [-0.25, -0.2) is 13.2 Å². The lowest BCUT2D eigenvalue weighted by Crippen LogP contribution is -2.46. The number of pyridine rings is 1. The molecule has 4 radical (unpaired) electrons. The van der Waals surface area contributed by atoms with Crippen molar-refractivity contribution in [1.82, 2.24) is 9.88 Å². The predicted molar refractivity (Wildman–Crippen MR) is 92.4 cm³/mol. The van der Waals surface area contributed by atoms with Crippen LogP contribution in [0.1, 0.15) is 17.6 Å². The largest absolute Gasteiger partial charge is 0.467 e. The molecule has 2 rings (SSSR count). The van der Waals surface area contributed by atoms with Crippen LogP contribution in [-0.2, 0) is 14.9 Å². The summed E-state index contributed by atoms with van der Waals surface area (Å²) >= 11 is 0. The summed E-state index contributed by atoms with van der Waals surface area (Å²) in [7, 11) is 13.9. The minimum atomic E-state index is -2.93. The molecule has 132 valence electrons. The van der Waals surface area contributed by atoms with Crippen LogP contribution in [0.2, 0.25) is 0 Å². The number of alkyl halides is 2. The first-order chi connectivity index (χ1) is 12.3. The molecule has 0 atom stereocenters. The van der Waals surface area contributed by atoms with Crippen molar-refractivity contribution < 1.29 is 22.7 Å². The molecule has 0 spiro atoms. The zero-order valence-corrected chi connectivity index (χ0v) is 14.0. The third-order valence-electron chi connectivity index (χ3n) is 4.01. The molecule has 0 saturated carbocycles. The van der Waals surface area contributed by atoms with Crippen LogP contribution in [0.25, 0.3) is 11.1 Å². The van der Waals surface area contributed by atoms with E-state index in [0.717, 1.165) is 12.1 Å². The number of halogens is 3. The second-order valence-electron chi connectivity index (χ2n) is 5.71. The van der Waals surface area contributed by atoms with Gasteiger partial charge in [0, 0.05) is 24.5 Å². The molecule has 9 heteroatoms. The first kappa shape index (κ1) is 20.0. The maximum atomic E-state index is 13.5. The third kappa shape index (κ3) is 4.46. The van der Waals surface area contributed by atoms with Gasteiger partial charge in [0.05, 0.1) is 21.3 Å². The molecule has 1 heterocycles. The summed E-state index contributed by atoms with van der Waals surface area (Å²) < 4.78 is 43.9. The van der Waals surface area contributed by atoms with E-state index in [4.69, 9.17) is 15.7 Å². The lowest BCUT2D eigenvalue weighted by Gasteiger charge is -2.37. The third-order valence-corrected chi connectivity index (χ3v) is 4.01. The first-order valence-electron chi connectivity index (χ1n) is 7.65. The summed E-state index contributed by atoms with van der Waals surface area (Å²) in [6.07, 6.45) is -0.0476. The van der Waals surface area contributed by atoms with Crippen molar-refractivity contribution in [3.8, 4) is 11.1 Å². The van der Waals surface area contributed by atoms with E-state index in [1.807, 2.05) is 0 Å². The molecule has 0 N–H and O–H groups in total. The molecule has 1 aromatic carbocycles. The second kappa shape index (κ2) is 8.40. The van der Waals surface area contributed by atoms with Crippen molar-refractivity contribution >= 4 is 22.2 Å². The van der Waals surface area contributed by atoms with Gasteiger partial charge < -0.3 is 9.64 Å². The minimum absolute atomic E-state index is 0.0962. The molecule has 0 aliphatic carbocycles. The Morgan fingerprint density at radius 2 is 2.00 bits per heavy atom. The van der Waals surface area contributed by atoms with Crippen LogP contribution >= 0.6 is 0 Å². The summed E-state index contributed by atoms with van der Waals surface area (Å²) in [5.41, 5.74) is 0.537. The van der Waals surface area contributed by atoms with Gasteiger partial charge in [-0.3, -0.25) is 9.78 Å². The highest BCUT2D eigenvalue weighted by Gasteiger charge is 2.25. The number of nitrogens with zero attached hydrogens (tertiary/aromatic N) is 2. The summed E-state index contributed by atoms with van der Waals surface area (Å²) in [6, 6.07) is 5.01. The summed E-state index contributed by atoms with van der Waals surface area (Å²) in [5, 5.41) is -1.44. The van der Waals surface area contributed by atoms with Crippen molar-refractivity contribution in [3.05, 3.63) is 53.6 Å². The Balaban J connectivity index is 2.32. The average molecular weight is 358 g/mol. The molecule has 0 unspecified atom stereocenters. The van der Waals surface area contributed by atoms with Crippen LogP contribution in [0.3, 0.4) is 0 Å². The van der Waals surface area contributed by atoms with Gasteiger partial charge in [0.25, 0.3) is 12.9 Å². The normalized spacial score (nSPS) is 11.8. The van der Waals surface area contributed by atoms with E-state index in [-0.39, 0.29) is 13.2 Å². The van der Waals surface area contributed by atoms with Crippen LogP contribution in [0.4, 0.5) is 13.2 Å². The van der Waals surface area contributed by atoms with Gasteiger partial charge in [0.1, 0.15) is 12.4 Å². The number of hydrogen-bond donors (Lipinski definition) is 0. The molecule has 26 heavy (non-hydrogen) atoms. The molecule has 0 fully saturated rings. The van der Waals surface area contributed by atoms with Crippen LogP contribution in [0, 0.1) is 5.82 Å². The van der Waals surface area contributed by atoms with E-state index in [9.17, 15) is 18.0 Å². The molecule has 0 bridgehead atoms.